The van der Waals surface area contributed by atoms with Crippen LogP contribution in [0.3, 0.4) is 0 Å². The zero-order chi connectivity index (χ0) is 44.0. The highest BCUT2D eigenvalue weighted by Gasteiger charge is 2.70. The molecule has 5 aliphatic carbocycles. The van der Waals surface area contributed by atoms with Crippen LogP contribution in [0.5, 0.6) is 0 Å². The van der Waals surface area contributed by atoms with Crippen molar-refractivity contribution in [3.63, 3.8) is 0 Å². The Morgan fingerprint density at radius 2 is 1.43 bits per heavy atom. The fourth-order valence-corrected chi connectivity index (χ4v) is 13.9. The fraction of sp³-hybridized carbons (Fsp3) is 0.913. The second kappa shape index (κ2) is 16.4. The van der Waals surface area contributed by atoms with Crippen molar-refractivity contribution in [2.75, 3.05) is 13.2 Å². The first kappa shape index (κ1) is 46.3. The Kier molecular flexibility index (Phi) is 12.6. The summed E-state index contributed by atoms with van der Waals surface area (Å²) < 4.78 is 29.4. The number of ether oxygens (including phenoxy) is 5. The smallest absolute Gasteiger partial charge is 0.338 e. The van der Waals surface area contributed by atoms with Crippen molar-refractivity contribution >= 4 is 11.9 Å². The number of hydrogen-bond acceptors (Lipinski definition) is 14. The number of carbonyl (C=O) groups is 2. The number of aliphatic hydroxyl groups is 7. The summed E-state index contributed by atoms with van der Waals surface area (Å²) in [6, 6.07) is 0. The molecule has 0 spiro atoms. The molecule has 14 nitrogen and oxygen atoms in total. The predicted octanol–water partition coefficient (Wildman–Crippen LogP) is 3.67. The van der Waals surface area contributed by atoms with Gasteiger partial charge in [-0.05, 0) is 115 Å². The number of hydrogen-bond donors (Lipinski definition) is 7. The molecule has 4 saturated carbocycles. The lowest BCUT2D eigenvalue weighted by atomic mass is 9.33. The third-order valence-corrected chi connectivity index (χ3v) is 17.9. The number of unbranched alkanes of at least 4 members (excludes halogenated alkanes) is 1. The minimum Gasteiger partial charge on any atom is -0.464 e. The van der Waals surface area contributed by atoms with Gasteiger partial charge in [-0.1, -0.05) is 73.5 Å². The molecule has 0 aromatic heterocycles. The van der Waals surface area contributed by atoms with E-state index in [1.165, 1.54) is 5.57 Å². The number of rotatable bonds is 9. The third kappa shape index (κ3) is 7.23. The van der Waals surface area contributed by atoms with Crippen LogP contribution >= 0.6 is 0 Å². The van der Waals surface area contributed by atoms with Gasteiger partial charge >= 0.3 is 11.9 Å². The van der Waals surface area contributed by atoms with E-state index in [0.717, 1.165) is 51.4 Å². The van der Waals surface area contributed by atoms with Gasteiger partial charge in [0.15, 0.2) is 12.4 Å². The number of allylic oxidation sites excluding steroid dienone is 2. The molecule has 2 aliphatic heterocycles. The number of aliphatic hydroxyl groups excluding tert-OH is 7. The molecule has 7 N–H and O–H groups in total. The first-order valence-corrected chi connectivity index (χ1v) is 22.8. The van der Waals surface area contributed by atoms with Crippen LogP contribution in [-0.4, -0.2) is 128 Å². The molecule has 7 rings (SSSR count). The van der Waals surface area contributed by atoms with E-state index in [-0.39, 0.29) is 51.6 Å². The molecule has 7 aliphatic rings. The van der Waals surface area contributed by atoms with Crippen LogP contribution in [0.4, 0.5) is 0 Å². The van der Waals surface area contributed by atoms with E-state index >= 15 is 0 Å². The van der Waals surface area contributed by atoms with Crippen LogP contribution in [0.2, 0.25) is 0 Å². The quantitative estimate of drug-likeness (QED) is 0.0762. The SMILES string of the molecule is CCCCOC(=O)[C@H]1O[C@@H](O[C@H]2CC[C@@]3(C)C(CC[C@]4(C)C3CC=C3C5CC(C)(C)CC[C@]5(C(=O)O[C@@H]5O[C@H](CO)[C@@H](O)[C@@H](O)[C@H]5O)CCC34C)C2(C)C)[C@H](O)[C@H](O)[C@@H]1O. The van der Waals surface area contributed by atoms with E-state index in [2.05, 4.69) is 54.5 Å². The maximum atomic E-state index is 14.6. The predicted molar refractivity (Wildman–Crippen MR) is 216 cm³/mol. The summed E-state index contributed by atoms with van der Waals surface area (Å²) in [5.74, 6) is -0.815. The average molecular weight is 851 g/mol. The third-order valence-electron chi connectivity index (χ3n) is 17.9. The van der Waals surface area contributed by atoms with E-state index in [1.807, 2.05) is 6.92 Å². The molecule has 0 radical (unpaired) electrons. The Balaban J connectivity index is 1.13. The summed E-state index contributed by atoms with van der Waals surface area (Å²) in [5.41, 5.74) is -0.363. The summed E-state index contributed by atoms with van der Waals surface area (Å²) in [6.07, 6.45) is -3.85. The van der Waals surface area contributed by atoms with E-state index < -0.39 is 85.4 Å². The van der Waals surface area contributed by atoms with Gasteiger partial charge in [0.25, 0.3) is 0 Å². The summed E-state index contributed by atoms with van der Waals surface area (Å²) in [4.78, 5) is 27.5. The van der Waals surface area contributed by atoms with Crippen LogP contribution in [0.1, 0.15) is 132 Å². The number of fused-ring (bicyclic) bond motifs is 7. The molecule has 0 bridgehead atoms. The van der Waals surface area contributed by atoms with Gasteiger partial charge in [0.05, 0.1) is 24.7 Å². The van der Waals surface area contributed by atoms with Crippen LogP contribution in [0, 0.1) is 50.2 Å². The Labute approximate surface area is 355 Å². The van der Waals surface area contributed by atoms with E-state index in [0.29, 0.717) is 31.6 Å². The highest BCUT2D eigenvalue weighted by Crippen LogP contribution is 2.76. The maximum Gasteiger partial charge on any atom is 0.338 e. The highest BCUT2D eigenvalue weighted by atomic mass is 16.7. The Hall–Kier alpha value is -1.72. The minimum atomic E-state index is -1.67. The zero-order valence-electron chi connectivity index (χ0n) is 37.0. The van der Waals surface area contributed by atoms with Crippen LogP contribution in [0.25, 0.3) is 0 Å². The standard InChI is InChI=1S/C46H74O14/c1-9-10-21-56-37(54)36-33(51)32(50)35(53)39(59-36)58-29-14-15-43(6)27(42(29,4)5)13-16-45(8)28(43)12-11-24-25-22-41(2,3)17-19-46(25,20-18-44(24,45)7)40(55)60-38-34(52)31(49)30(48)26(23-47)57-38/h11,25-36,38-39,47-53H,9-10,12-23H2,1-8H3/t25?,26-,27?,28?,29+,30-,31-,32-,33+,34-,35-,36+,38+,39-,43+,44?,45-,46+/m1/s1. The zero-order valence-corrected chi connectivity index (χ0v) is 37.0. The first-order chi connectivity index (χ1) is 28.0. The summed E-state index contributed by atoms with van der Waals surface area (Å²) in [5, 5.41) is 74.0. The molecule has 18 atom stereocenters. The van der Waals surface area contributed by atoms with Gasteiger partial charge < -0.3 is 59.4 Å². The molecule has 0 amide bonds. The lowest BCUT2D eigenvalue weighted by Crippen LogP contribution is -2.66. The molecule has 0 aromatic rings. The molecule has 6 fully saturated rings. The largest absolute Gasteiger partial charge is 0.464 e. The van der Waals surface area contributed by atoms with Gasteiger partial charge in [0.2, 0.25) is 6.29 Å². The second-order valence-electron chi connectivity index (χ2n) is 21.9. The van der Waals surface area contributed by atoms with Gasteiger partial charge in [-0.3, -0.25) is 4.79 Å². The van der Waals surface area contributed by atoms with Crippen LogP contribution < -0.4 is 0 Å². The topological polar surface area (TPSA) is 222 Å². The van der Waals surface area contributed by atoms with Crippen molar-refractivity contribution in [1.29, 1.82) is 0 Å². The van der Waals surface area contributed by atoms with Crippen LogP contribution in [-0.2, 0) is 33.3 Å². The van der Waals surface area contributed by atoms with Gasteiger partial charge in [0, 0.05) is 0 Å². The Morgan fingerprint density at radius 3 is 2.12 bits per heavy atom. The number of esters is 2. The van der Waals surface area contributed by atoms with Crippen molar-refractivity contribution in [3.8, 4) is 0 Å². The number of carbonyl (C=O) groups excluding carboxylic acids is 2. The Morgan fingerprint density at radius 1 is 0.767 bits per heavy atom. The van der Waals surface area contributed by atoms with Crippen molar-refractivity contribution in [1.82, 2.24) is 0 Å². The first-order valence-electron chi connectivity index (χ1n) is 22.8. The van der Waals surface area contributed by atoms with Crippen molar-refractivity contribution < 1.29 is 69.0 Å². The second-order valence-corrected chi connectivity index (χ2v) is 21.9. The molecule has 4 unspecified atom stereocenters. The normalized spacial score (nSPS) is 49.5. The lowest BCUT2D eigenvalue weighted by Gasteiger charge is -2.71. The summed E-state index contributed by atoms with van der Waals surface area (Å²) >= 11 is 0. The molecular weight excluding hydrogens is 776 g/mol. The van der Waals surface area contributed by atoms with Crippen molar-refractivity contribution in [2.24, 2.45) is 50.2 Å². The lowest BCUT2D eigenvalue weighted by molar-refractivity contribution is -0.324. The van der Waals surface area contributed by atoms with E-state index in [1.54, 1.807) is 0 Å². The minimum absolute atomic E-state index is 0.0282. The maximum absolute atomic E-state index is 14.6. The van der Waals surface area contributed by atoms with Gasteiger partial charge in [0.1, 0.15) is 42.7 Å². The molecule has 0 aromatic carbocycles. The molecule has 60 heavy (non-hydrogen) atoms. The molecular formula is C46H74O14. The molecule has 2 saturated heterocycles. The van der Waals surface area contributed by atoms with Crippen molar-refractivity contribution in [2.45, 2.75) is 200 Å². The molecule has 342 valence electrons. The molecule has 2 heterocycles. The summed E-state index contributed by atoms with van der Waals surface area (Å²) in [7, 11) is 0. The fourth-order valence-electron chi connectivity index (χ4n) is 13.9. The van der Waals surface area contributed by atoms with Crippen molar-refractivity contribution in [3.05, 3.63) is 11.6 Å². The monoisotopic (exact) mass is 851 g/mol. The van der Waals surface area contributed by atoms with Gasteiger partial charge in [-0.15, -0.1) is 0 Å². The summed E-state index contributed by atoms with van der Waals surface area (Å²) in [6.45, 7) is 17.8. The van der Waals surface area contributed by atoms with E-state index in [9.17, 15) is 45.3 Å². The molecule has 14 heteroatoms. The van der Waals surface area contributed by atoms with Crippen LogP contribution in [0.15, 0.2) is 11.6 Å². The van der Waals surface area contributed by atoms with Gasteiger partial charge in [-0.2, -0.15) is 0 Å². The highest BCUT2D eigenvalue weighted by molar-refractivity contribution is 5.79. The average Bonchev–Trinajstić information content (AvgIpc) is 3.19. The Bertz CT molecular complexity index is 1630. The van der Waals surface area contributed by atoms with E-state index in [4.69, 9.17) is 23.7 Å². The van der Waals surface area contributed by atoms with Gasteiger partial charge in [-0.25, -0.2) is 4.79 Å².